The van der Waals surface area contributed by atoms with E-state index in [4.69, 9.17) is 21.3 Å². The standard InChI is InChI=1S/C8H10N6O3/c9-6-5-7(13-8(10)12-6)14(2-11-5)3-17-1-4(15)16/h2H,1,3H2,(H,15,16)(H4,9,10,12,13). The number of imidazole rings is 1. The van der Waals surface area contributed by atoms with E-state index in [1.54, 1.807) is 0 Å². The molecule has 0 fully saturated rings. The molecule has 0 aromatic carbocycles. The van der Waals surface area contributed by atoms with Gasteiger partial charge in [-0.1, -0.05) is 0 Å². The number of nitrogens with zero attached hydrogens (tertiary/aromatic N) is 4. The lowest BCUT2D eigenvalue weighted by molar-refractivity contribution is -0.143. The molecule has 9 heteroatoms. The topological polar surface area (TPSA) is 142 Å². The summed E-state index contributed by atoms with van der Waals surface area (Å²) in [5, 5.41) is 8.43. The minimum Gasteiger partial charge on any atom is -0.480 e. The average Bonchev–Trinajstić information content (AvgIpc) is 2.61. The van der Waals surface area contributed by atoms with Gasteiger partial charge in [0.05, 0.1) is 6.33 Å². The van der Waals surface area contributed by atoms with Crippen molar-refractivity contribution in [2.45, 2.75) is 6.73 Å². The van der Waals surface area contributed by atoms with Crippen LogP contribution < -0.4 is 11.5 Å². The summed E-state index contributed by atoms with van der Waals surface area (Å²) in [6.07, 6.45) is 1.43. The number of rotatable bonds is 4. The second-order valence-electron chi connectivity index (χ2n) is 3.22. The van der Waals surface area contributed by atoms with E-state index in [0.717, 1.165) is 0 Å². The number of carbonyl (C=O) groups is 1. The van der Waals surface area contributed by atoms with Gasteiger partial charge in [0.25, 0.3) is 0 Å². The van der Waals surface area contributed by atoms with E-state index in [0.29, 0.717) is 11.2 Å². The number of hydrogen-bond donors (Lipinski definition) is 3. The SMILES string of the molecule is Nc1nc(N)c2ncn(COCC(=O)O)c2n1. The number of anilines is 2. The zero-order valence-corrected chi connectivity index (χ0v) is 8.70. The molecule has 2 aromatic rings. The highest BCUT2D eigenvalue weighted by molar-refractivity contribution is 5.82. The summed E-state index contributed by atoms with van der Waals surface area (Å²) in [6.45, 7) is -0.408. The number of carboxylic acids is 1. The molecule has 9 nitrogen and oxygen atoms in total. The lowest BCUT2D eigenvalue weighted by atomic mass is 10.5. The maximum Gasteiger partial charge on any atom is 0.329 e. The van der Waals surface area contributed by atoms with Crippen LogP contribution in [0.3, 0.4) is 0 Å². The average molecular weight is 238 g/mol. The molecule has 0 spiro atoms. The first-order chi connectivity index (χ1) is 8.08. The molecule has 90 valence electrons. The number of ether oxygens (including phenoxy) is 1. The smallest absolute Gasteiger partial charge is 0.329 e. The molecule has 0 aliphatic rings. The summed E-state index contributed by atoms with van der Waals surface area (Å²) in [5.41, 5.74) is 11.9. The highest BCUT2D eigenvalue weighted by atomic mass is 16.5. The first kappa shape index (κ1) is 11.1. The fraction of sp³-hybridized carbons (Fsp3) is 0.250. The van der Waals surface area contributed by atoms with Crippen molar-refractivity contribution in [3.8, 4) is 0 Å². The summed E-state index contributed by atoms with van der Waals surface area (Å²) in [5.74, 6) is -0.859. The zero-order chi connectivity index (χ0) is 12.4. The van der Waals surface area contributed by atoms with Gasteiger partial charge in [0.2, 0.25) is 5.95 Å². The lowest BCUT2D eigenvalue weighted by Gasteiger charge is -2.03. The molecule has 0 aliphatic carbocycles. The van der Waals surface area contributed by atoms with Crippen molar-refractivity contribution in [3.05, 3.63) is 6.33 Å². The minimum atomic E-state index is -1.05. The van der Waals surface area contributed by atoms with E-state index >= 15 is 0 Å². The van der Waals surface area contributed by atoms with Crippen molar-refractivity contribution >= 4 is 28.9 Å². The van der Waals surface area contributed by atoms with Crippen LogP contribution in [0.1, 0.15) is 0 Å². The van der Waals surface area contributed by atoms with Crippen LogP contribution in [0.2, 0.25) is 0 Å². The molecule has 0 radical (unpaired) electrons. The Kier molecular flexibility index (Phi) is 2.75. The van der Waals surface area contributed by atoms with Gasteiger partial charge in [-0.15, -0.1) is 0 Å². The van der Waals surface area contributed by atoms with E-state index in [2.05, 4.69) is 15.0 Å². The monoisotopic (exact) mass is 238 g/mol. The van der Waals surface area contributed by atoms with Crippen LogP contribution in [-0.2, 0) is 16.3 Å². The van der Waals surface area contributed by atoms with E-state index in [1.807, 2.05) is 0 Å². The highest BCUT2D eigenvalue weighted by Gasteiger charge is 2.10. The molecule has 17 heavy (non-hydrogen) atoms. The van der Waals surface area contributed by atoms with Crippen molar-refractivity contribution in [2.24, 2.45) is 0 Å². The minimum absolute atomic E-state index is 0.00130. The van der Waals surface area contributed by atoms with Crippen molar-refractivity contribution in [1.82, 2.24) is 19.5 Å². The second kappa shape index (κ2) is 4.22. The van der Waals surface area contributed by atoms with Gasteiger partial charge in [0.15, 0.2) is 11.5 Å². The third kappa shape index (κ3) is 2.23. The largest absolute Gasteiger partial charge is 0.480 e. The molecule has 0 aliphatic heterocycles. The molecule has 2 aromatic heterocycles. The lowest BCUT2D eigenvalue weighted by Crippen LogP contribution is -2.10. The van der Waals surface area contributed by atoms with Crippen molar-refractivity contribution in [2.75, 3.05) is 18.1 Å². The normalized spacial score (nSPS) is 10.8. The molecular formula is C8H10N6O3. The van der Waals surface area contributed by atoms with Gasteiger partial charge in [-0.05, 0) is 0 Å². The Morgan fingerprint density at radius 2 is 2.24 bits per heavy atom. The summed E-state index contributed by atoms with van der Waals surface area (Å²) in [6, 6.07) is 0. The van der Waals surface area contributed by atoms with Gasteiger partial charge in [-0.25, -0.2) is 9.78 Å². The van der Waals surface area contributed by atoms with Crippen molar-refractivity contribution < 1.29 is 14.6 Å². The van der Waals surface area contributed by atoms with Gasteiger partial charge < -0.3 is 21.3 Å². The molecule has 2 rings (SSSR count). The van der Waals surface area contributed by atoms with Gasteiger partial charge in [-0.2, -0.15) is 9.97 Å². The Morgan fingerprint density at radius 1 is 1.47 bits per heavy atom. The molecule has 0 atom stereocenters. The van der Waals surface area contributed by atoms with Crippen LogP contribution >= 0.6 is 0 Å². The third-order valence-electron chi connectivity index (χ3n) is 1.96. The summed E-state index contributed by atoms with van der Waals surface area (Å²) < 4.78 is 6.40. The Hall–Kier alpha value is -2.42. The predicted molar refractivity (Wildman–Crippen MR) is 57.7 cm³/mol. The van der Waals surface area contributed by atoms with Gasteiger partial charge in [0, 0.05) is 0 Å². The Labute approximate surface area is 95.0 Å². The van der Waals surface area contributed by atoms with Crippen LogP contribution in [0, 0.1) is 0 Å². The Morgan fingerprint density at radius 3 is 2.94 bits per heavy atom. The fourth-order valence-electron chi connectivity index (χ4n) is 1.31. The summed E-state index contributed by atoms with van der Waals surface area (Å²) in [7, 11) is 0. The molecule has 0 unspecified atom stereocenters. The van der Waals surface area contributed by atoms with E-state index in [9.17, 15) is 4.79 Å². The van der Waals surface area contributed by atoms with Crippen molar-refractivity contribution in [3.63, 3.8) is 0 Å². The molecule has 0 saturated carbocycles. The number of nitrogens with two attached hydrogens (primary N) is 2. The summed E-state index contributed by atoms with van der Waals surface area (Å²) >= 11 is 0. The van der Waals surface area contributed by atoms with Crippen LogP contribution in [0.4, 0.5) is 11.8 Å². The highest BCUT2D eigenvalue weighted by Crippen LogP contribution is 2.16. The number of aromatic nitrogens is 4. The molecule has 2 heterocycles. The number of nitrogen functional groups attached to an aromatic ring is 2. The van der Waals surface area contributed by atoms with Gasteiger partial charge >= 0.3 is 5.97 Å². The quantitative estimate of drug-likeness (QED) is 0.618. The first-order valence-electron chi connectivity index (χ1n) is 4.61. The van der Waals surface area contributed by atoms with Crippen LogP contribution in [0.15, 0.2) is 6.33 Å². The number of carboxylic acid groups (broad SMARTS) is 1. The number of fused-ring (bicyclic) bond motifs is 1. The summed E-state index contributed by atoms with van der Waals surface area (Å²) in [4.78, 5) is 22.0. The Bertz CT molecular complexity index is 566. The van der Waals surface area contributed by atoms with Gasteiger partial charge in [-0.3, -0.25) is 4.57 Å². The van der Waals surface area contributed by atoms with Crippen LogP contribution in [-0.4, -0.2) is 37.2 Å². The predicted octanol–water partition coefficient (Wildman–Crippen LogP) is -0.951. The molecule has 0 amide bonds. The molecule has 0 saturated heterocycles. The molecule has 0 bridgehead atoms. The first-order valence-corrected chi connectivity index (χ1v) is 4.61. The van der Waals surface area contributed by atoms with Crippen LogP contribution in [0.25, 0.3) is 11.2 Å². The maximum absolute atomic E-state index is 10.3. The van der Waals surface area contributed by atoms with Gasteiger partial charge in [0.1, 0.15) is 18.9 Å². The van der Waals surface area contributed by atoms with Crippen molar-refractivity contribution in [1.29, 1.82) is 0 Å². The van der Waals surface area contributed by atoms with Crippen LogP contribution in [0.5, 0.6) is 0 Å². The second-order valence-corrected chi connectivity index (χ2v) is 3.22. The fourth-order valence-corrected chi connectivity index (χ4v) is 1.31. The third-order valence-corrected chi connectivity index (χ3v) is 1.96. The Balaban J connectivity index is 2.26. The maximum atomic E-state index is 10.3. The molecule has 5 N–H and O–H groups in total. The number of hydrogen-bond acceptors (Lipinski definition) is 7. The van der Waals surface area contributed by atoms with E-state index in [-0.39, 0.29) is 18.5 Å². The zero-order valence-electron chi connectivity index (χ0n) is 8.70. The van der Waals surface area contributed by atoms with E-state index in [1.165, 1.54) is 10.9 Å². The van der Waals surface area contributed by atoms with E-state index < -0.39 is 12.6 Å². The number of aliphatic carboxylic acids is 1. The molecular weight excluding hydrogens is 228 g/mol.